The van der Waals surface area contributed by atoms with E-state index in [9.17, 15) is 9.59 Å². The molecule has 0 aromatic rings. The number of piperazine rings is 1. The second-order valence-electron chi connectivity index (χ2n) is 4.05. The van der Waals surface area contributed by atoms with Crippen LogP contribution >= 0.6 is 0 Å². The van der Waals surface area contributed by atoms with Crippen LogP contribution in [0.4, 0.5) is 4.79 Å². The average molecular weight is 259 g/mol. The topological polar surface area (TPSA) is 82.1 Å². The molecule has 1 heterocycles. The van der Waals surface area contributed by atoms with E-state index in [-0.39, 0.29) is 19.1 Å². The van der Waals surface area contributed by atoms with Crippen LogP contribution in [-0.4, -0.2) is 79.4 Å². The second-order valence-corrected chi connectivity index (χ2v) is 4.05. The number of hydrogen-bond acceptors (Lipinski definition) is 5. The highest BCUT2D eigenvalue weighted by Gasteiger charge is 2.22. The molecule has 1 aliphatic heterocycles. The zero-order chi connectivity index (χ0) is 13.4. The first-order valence-corrected chi connectivity index (χ1v) is 6.19. The molecular formula is C11H21N3O4. The maximum Gasteiger partial charge on any atom is 0.409 e. The first-order chi connectivity index (χ1) is 8.67. The Morgan fingerprint density at radius 1 is 1.28 bits per heavy atom. The van der Waals surface area contributed by atoms with E-state index in [0.717, 1.165) is 0 Å². The number of carbonyl (C=O) groups excluding carboxylic acids is 2. The van der Waals surface area contributed by atoms with Gasteiger partial charge in [0, 0.05) is 32.7 Å². The van der Waals surface area contributed by atoms with E-state index >= 15 is 0 Å². The Balaban J connectivity index is 2.23. The lowest BCUT2D eigenvalue weighted by atomic mass is 10.3. The molecule has 7 nitrogen and oxygen atoms in total. The summed E-state index contributed by atoms with van der Waals surface area (Å²) in [6, 6.07) is 0. The van der Waals surface area contributed by atoms with Gasteiger partial charge in [-0.05, 0) is 6.92 Å². The van der Waals surface area contributed by atoms with Gasteiger partial charge in [0.15, 0.2) is 0 Å². The number of nitrogens with zero attached hydrogens (tertiary/aromatic N) is 2. The van der Waals surface area contributed by atoms with Crippen molar-refractivity contribution in [2.24, 2.45) is 0 Å². The molecule has 104 valence electrons. The summed E-state index contributed by atoms with van der Waals surface area (Å²) in [5.41, 5.74) is 0. The molecule has 7 heteroatoms. The largest absolute Gasteiger partial charge is 0.447 e. The number of nitrogens with one attached hydrogen (secondary N) is 1. The summed E-state index contributed by atoms with van der Waals surface area (Å²) in [5.74, 6) is 0.00815. The van der Waals surface area contributed by atoms with Gasteiger partial charge in [0.25, 0.3) is 0 Å². The number of rotatable bonds is 5. The van der Waals surface area contributed by atoms with E-state index in [1.54, 1.807) is 4.90 Å². The monoisotopic (exact) mass is 259 g/mol. The van der Waals surface area contributed by atoms with Crippen molar-refractivity contribution in [1.82, 2.24) is 15.1 Å². The van der Waals surface area contributed by atoms with Crippen LogP contribution in [0.2, 0.25) is 0 Å². The number of ether oxygens (including phenoxy) is 1. The molecule has 0 atom stereocenters. The Bertz CT molecular complexity index is 277. The van der Waals surface area contributed by atoms with Gasteiger partial charge in [-0.1, -0.05) is 0 Å². The fraction of sp³-hybridized carbons (Fsp3) is 0.818. The summed E-state index contributed by atoms with van der Waals surface area (Å²) < 4.78 is 4.82. The Labute approximate surface area is 107 Å². The van der Waals surface area contributed by atoms with Crippen molar-refractivity contribution < 1.29 is 19.4 Å². The fourth-order valence-electron chi connectivity index (χ4n) is 1.77. The molecule has 1 rings (SSSR count). The predicted octanol–water partition coefficient (Wildman–Crippen LogP) is -1.13. The van der Waals surface area contributed by atoms with Crippen LogP contribution < -0.4 is 5.32 Å². The molecular weight excluding hydrogens is 238 g/mol. The van der Waals surface area contributed by atoms with Crippen LogP contribution in [0.15, 0.2) is 0 Å². The van der Waals surface area contributed by atoms with Crippen molar-refractivity contribution in [3.63, 3.8) is 0 Å². The van der Waals surface area contributed by atoms with E-state index < -0.39 is 6.09 Å². The number of aliphatic hydroxyl groups excluding tert-OH is 1. The minimum atomic E-state index is -0.401. The highest BCUT2D eigenvalue weighted by atomic mass is 16.6. The molecule has 1 saturated heterocycles. The lowest BCUT2D eigenvalue weighted by Gasteiger charge is -2.33. The number of amides is 2. The van der Waals surface area contributed by atoms with Crippen LogP contribution in [0.25, 0.3) is 0 Å². The van der Waals surface area contributed by atoms with E-state index in [4.69, 9.17) is 9.84 Å². The Morgan fingerprint density at radius 2 is 1.94 bits per heavy atom. The van der Waals surface area contributed by atoms with Crippen LogP contribution in [0, 0.1) is 0 Å². The maximum atomic E-state index is 11.5. The third-order valence-electron chi connectivity index (χ3n) is 2.69. The molecule has 2 N–H and O–H groups in total. The van der Waals surface area contributed by atoms with Crippen molar-refractivity contribution >= 4 is 12.0 Å². The van der Waals surface area contributed by atoms with Gasteiger partial charge >= 0.3 is 6.09 Å². The lowest BCUT2D eigenvalue weighted by Crippen LogP contribution is -2.51. The third kappa shape index (κ3) is 4.89. The molecule has 0 spiro atoms. The minimum Gasteiger partial charge on any atom is -0.447 e. The molecule has 1 fully saturated rings. The smallest absolute Gasteiger partial charge is 0.409 e. The molecule has 0 aliphatic carbocycles. The summed E-state index contributed by atoms with van der Waals surface area (Å²) in [7, 11) is 0. The first kappa shape index (κ1) is 14.7. The van der Waals surface area contributed by atoms with Gasteiger partial charge in [-0.3, -0.25) is 9.69 Å². The summed E-state index contributed by atoms with van der Waals surface area (Å²) in [6.45, 7) is 5.15. The molecule has 2 amide bonds. The molecule has 0 aromatic carbocycles. The molecule has 0 radical (unpaired) electrons. The van der Waals surface area contributed by atoms with Gasteiger partial charge in [0.1, 0.15) is 6.61 Å². The van der Waals surface area contributed by atoms with E-state index in [2.05, 4.69) is 5.32 Å². The maximum absolute atomic E-state index is 11.5. The van der Waals surface area contributed by atoms with Gasteiger partial charge in [-0.2, -0.15) is 0 Å². The van der Waals surface area contributed by atoms with Crippen LogP contribution in [0.3, 0.4) is 0 Å². The van der Waals surface area contributed by atoms with Crippen LogP contribution in [-0.2, 0) is 9.53 Å². The molecule has 18 heavy (non-hydrogen) atoms. The van der Waals surface area contributed by atoms with Gasteiger partial charge in [-0.25, -0.2) is 4.79 Å². The average Bonchev–Trinajstić information content (AvgIpc) is 2.37. The first-order valence-electron chi connectivity index (χ1n) is 6.19. The van der Waals surface area contributed by atoms with Crippen molar-refractivity contribution in [2.75, 3.05) is 52.5 Å². The molecule has 0 saturated carbocycles. The molecule has 0 bridgehead atoms. The SMILES string of the molecule is CCNC(=O)CN1CCN(C(=O)OCCO)CC1. The third-order valence-corrected chi connectivity index (χ3v) is 2.69. The number of aliphatic hydroxyl groups is 1. The molecule has 0 aromatic heterocycles. The summed E-state index contributed by atoms with van der Waals surface area (Å²) in [6.07, 6.45) is -0.401. The minimum absolute atomic E-state index is 0.00815. The van der Waals surface area contributed by atoms with Crippen LogP contribution in [0.1, 0.15) is 6.92 Å². The summed E-state index contributed by atoms with van der Waals surface area (Å²) in [5, 5.41) is 11.3. The van der Waals surface area contributed by atoms with E-state index in [1.165, 1.54) is 0 Å². The lowest BCUT2D eigenvalue weighted by molar-refractivity contribution is -0.122. The van der Waals surface area contributed by atoms with Gasteiger partial charge in [-0.15, -0.1) is 0 Å². The number of hydrogen-bond donors (Lipinski definition) is 2. The Morgan fingerprint density at radius 3 is 2.50 bits per heavy atom. The number of likely N-dealkylation sites (N-methyl/N-ethyl adjacent to an activating group) is 1. The zero-order valence-corrected chi connectivity index (χ0v) is 10.7. The van der Waals surface area contributed by atoms with E-state index in [0.29, 0.717) is 39.3 Å². The Kier molecular flexibility index (Phi) is 6.45. The van der Waals surface area contributed by atoms with Crippen molar-refractivity contribution in [1.29, 1.82) is 0 Å². The Hall–Kier alpha value is -1.34. The summed E-state index contributed by atoms with van der Waals surface area (Å²) in [4.78, 5) is 26.5. The highest BCUT2D eigenvalue weighted by molar-refractivity contribution is 5.78. The molecule has 1 aliphatic rings. The quantitative estimate of drug-likeness (QED) is 0.653. The van der Waals surface area contributed by atoms with Crippen LogP contribution in [0.5, 0.6) is 0 Å². The standard InChI is InChI=1S/C11H21N3O4/c1-2-12-10(16)9-13-3-5-14(6-4-13)11(17)18-8-7-15/h15H,2-9H2,1H3,(H,12,16). The zero-order valence-electron chi connectivity index (χ0n) is 10.7. The normalized spacial score (nSPS) is 16.4. The fourth-order valence-corrected chi connectivity index (χ4v) is 1.77. The van der Waals surface area contributed by atoms with Crippen molar-refractivity contribution in [3.05, 3.63) is 0 Å². The molecule has 0 unspecified atom stereocenters. The summed E-state index contributed by atoms with van der Waals surface area (Å²) >= 11 is 0. The number of carbonyl (C=O) groups is 2. The van der Waals surface area contributed by atoms with E-state index in [1.807, 2.05) is 11.8 Å². The highest BCUT2D eigenvalue weighted by Crippen LogP contribution is 2.03. The van der Waals surface area contributed by atoms with Crippen molar-refractivity contribution in [2.45, 2.75) is 6.92 Å². The van der Waals surface area contributed by atoms with Gasteiger partial charge in [0.05, 0.1) is 13.2 Å². The predicted molar refractivity (Wildman–Crippen MR) is 65.1 cm³/mol. The second kappa shape index (κ2) is 7.88. The van der Waals surface area contributed by atoms with Crippen molar-refractivity contribution in [3.8, 4) is 0 Å². The van der Waals surface area contributed by atoms with Gasteiger partial charge in [0.2, 0.25) is 5.91 Å². The van der Waals surface area contributed by atoms with Gasteiger partial charge < -0.3 is 20.1 Å².